The first kappa shape index (κ1) is 27.7. The highest BCUT2D eigenvalue weighted by molar-refractivity contribution is 5.91. The summed E-state index contributed by atoms with van der Waals surface area (Å²) in [6.07, 6.45) is 8.27. The van der Waals surface area contributed by atoms with E-state index in [0.29, 0.717) is 24.3 Å². The number of carbonyl (C=O) groups is 1. The third-order valence-electron chi connectivity index (χ3n) is 9.16. The summed E-state index contributed by atoms with van der Waals surface area (Å²) in [7, 11) is 2.07. The fourth-order valence-corrected chi connectivity index (χ4v) is 6.66. The Balaban J connectivity index is 1.07. The molecule has 1 amide bonds. The molecule has 3 aromatic rings. The number of nitriles is 1. The Morgan fingerprint density at radius 3 is 2.68 bits per heavy atom. The van der Waals surface area contributed by atoms with E-state index < -0.39 is 0 Å². The van der Waals surface area contributed by atoms with Gasteiger partial charge in [-0.2, -0.15) is 5.26 Å². The molecule has 2 aromatic heterocycles. The lowest BCUT2D eigenvalue weighted by atomic mass is 9.93. The SMILES string of the molecule is Cc1cc(-c2nc(C#N)nc3c2ccn3CC2CCOC2)ccc1OCCC1CCN(C(=O)[C@@H]2CCCN2C)CC1. The molecule has 0 bridgehead atoms. The number of ether oxygens (including phenoxy) is 2. The average Bonchev–Trinajstić information content (AvgIpc) is 3.76. The molecule has 0 radical (unpaired) electrons. The molecule has 3 aliphatic heterocycles. The molecule has 9 heteroatoms. The smallest absolute Gasteiger partial charge is 0.239 e. The second kappa shape index (κ2) is 12.2. The second-order valence-corrected chi connectivity index (χ2v) is 12.0. The van der Waals surface area contributed by atoms with Crippen molar-refractivity contribution < 1.29 is 14.3 Å². The summed E-state index contributed by atoms with van der Waals surface area (Å²) in [4.78, 5) is 26.3. The Morgan fingerprint density at radius 2 is 1.98 bits per heavy atom. The van der Waals surface area contributed by atoms with E-state index in [1.54, 1.807) is 0 Å². The van der Waals surface area contributed by atoms with Gasteiger partial charge in [-0.25, -0.2) is 9.97 Å². The number of benzene rings is 1. The molecule has 9 nitrogen and oxygen atoms in total. The molecule has 216 valence electrons. The number of piperidine rings is 1. The van der Waals surface area contributed by atoms with Gasteiger partial charge >= 0.3 is 0 Å². The lowest BCUT2D eigenvalue weighted by Gasteiger charge is -2.34. The van der Waals surface area contributed by atoms with E-state index in [1.807, 2.05) is 24.4 Å². The number of nitrogens with zero attached hydrogens (tertiary/aromatic N) is 6. The van der Waals surface area contributed by atoms with Crippen molar-refractivity contribution in [3.05, 3.63) is 41.9 Å². The number of aromatic nitrogens is 3. The van der Waals surface area contributed by atoms with Crippen molar-refractivity contribution in [2.24, 2.45) is 11.8 Å². The fraction of sp³-hybridized carbons (Fsp3) is 0.562. The molecule has 1 aromatic carbocycles. The van der Waals surface area contributed by atoms with Crippen LogP contribution >= 0.6 is 0 Å². The predicted molar refractivity (Wildman–Crippen MR) is 156 cm³/mol. The maximum absolute atomic E-state index is 12.9. The van der Waals surface area contributed by atoms with Gasteiger partial charge in [0.05, 0.1) is 24.9 Å². The van der Waals surface area contributed by atoms with Crippen LogP contribution in [0.15, 0.2) is 30.5 Å². The Hall–Kier alpha value is -3.48. The summed E-state index contributed by atoms with van der Waals surface area (Å²) in [5.74, 6) is 2.41. The minimum Gasteiger partial charge on any atom is -0.493 e. The van der Waals surface area contributed by atoms with Crippen molar-refractivity contribution in [3.63, 3.8) is 0 Å². The summed E-state index contributed by atoms with van der Waals surface area (Å²) < 4.78 is 13.9. The number of likely N-dealkylation sites (N-methyl/N-ethyl adjacent to an activating group) is 1. The highest BCUT2D eigenvalue weighted by Crippen LogP contribution is 2.32. The lowest BCUT2D eigenvalue weighted by Crippen LogP contribution is -2.47. The number of aryl methyl sites for hydroxylation is 1. The van der Waals surface area contributed by atoms with Gasteiger partial charge in [0.15, 0.2) is 0 Å². The van der Waals surface area contributed by atoms with Gasteiger partial charge in [0.25, 0.3) is 0 Å². The molecule has 3 aliphatic rings. The summed E-state index contributed by atoms with van der Waals surface area (Å²) in [5, 5.41) is 10.6. The molecule has 0 N–H and O–H groups in total. The van der Waals surface area contributed by atoms with Crippen molar-refractivity contribution in [2.75, 3.05) is 46.5 Å². The molecule has 1 unspecified atom stereocenters. The van der Waals surface area contributed by atoms with Gasteiger partial charge in [-0.15, -0.1) is 0 Å². The van der Waals surface area contributed by atoms with Gasteiger partial charge < -0.3 is 18.9 Å². The fourth-order valence-electron chi connectivity index (χ4n) is 6.66. The topological polar surface area (TPSA) is 96.5 Å². The monoisotopic (exact) mass is 556 g/mol. The van der Waals surface area contributed by atoms with Crippen molar-refractivity contribution in [1.82, 2.24) is 24.3 Å². The Bertz CT molecular complexity index is 1430. The minimum atomic E-state index is 0.0812. The van der Waals surface area contributed by atoms with Gasteiger partial charge in [0.2, 0.25) is 11.7 Å². The van der Waals surface area contributed by atoms with Gasteiger partial charge in [-0.1, -0.05) is 0 Å². The maximum atomic E-state index is 12.9. The molecule has 5 heterocycles. The second-order valence-electron chi connectivity index (χ2n) is 12.0. The van der Waals surface area contributed by atoms with E-state index in [-0.39, 0.29) is 11.9 Å². The number of likely N-dealkylation sites (tertiary alicyclic amines) is 2. The van der Waals surface area contributed by atoms with E-state index >= 15 is 0 Å². The molecule has 41 heavy (non-hydrogen) atoms. The molecule has 0 spiro atoms. The van der Waals surface area contributed by atoms with Crippen LogP contribution in [-0.4, -0.2) is 82.8 Å². The number of rotatable bonds is 8. The molecular formula is C32H40N6O3. The summed E-state index contributed by atoms with van der Waals surface area (Å²) >= 11 is 0. The van der Waals surface area contributed by atoms with Crippen molar-refractivity contribution in [3.8, 4) is 23.1 Å². The van der Waals surface area contributed by atoms with Crippen LogP contribution in [0.1, 0.15) is 49.9 Å². The van der Waals surface area contributed by atoms with Crippen LogP contribution in [-0.2, 0) is 16.1 Å². The zero-order valence-electron chi connectivity index (χ0n) is 24.2. The molecule has 0 aliphatic carbocycles. The maximum Gasteiger partial charge on any atom is 0.239 e. The van der Waals surface area contributed by atoms with E-state index in [0.717, 1.165) is 112 Å². The molecular weight excluding hydrogens is 516 g/mol. The van der Waals surface area contributed by atoms with Crippen molar-refractivity contribution >= 4 is 16.9 Å². The number of amides is 1. The minimum absolute atomic E-state index is 0.0812. The van der Waals surface area contributed by atoms with E-state index in [2.05, 4.69) is 50.4 Å². The number of hydrogen-bond acceptors (Lipinski definition) is 7. The van der Waals surface area contributed by atoms with Crippen molar-refractivity contribution in [1.29, 1.82) is 5.26 Å². The third-order valence-corrected chi connectivity index (χ3v) is 9.16. The van der Waals surface area contributed by atoms with Gasteiger partial charge in [-0.3, -0.25) is 9.69 Å². The summed E-state index contributed by atoms with van der Waals surface area (Å²) in [6.45, 7) is 7.85. The van der Waals surface area contributed by atoms with Crippen LogP contribution in [0, 0.1) is 30.1 Å². The Labute approximate surface area is 242 Å². The lowest BCUT2D eigenvalue weighted by molar-refractivity contribution is -0.137. The predicted octanol–water partition coefficient (Wildman–Crippen LogP) is 4.42. The average molecular weight is 557 g/mol. The van der Waals surface area contributed by atoms with Crippen LogP contribution in [0.3, 0.4) is 0 Å². The first-order valence-corrected chi connectivity index (χ1v) is 15.1. The normalized spacial score (nSPS) is 21.9. The van der Waals surface area contributed by atoms with Crippen LogP contribution in [0.2, 0.25) is 0 Å². The highest BCUT2D eigenvalue weighted by Gasteiger charge is 2.33. The van der Waals surface area contributed by atoms with Crippen LogP contribution in [0.25, 0.3) is 22.3 Å². The number of carbonyl (C=O) groups excluding carboxylic acids is 1. The molecule has 3 fully saturated rings. The van der Waals surface area contributed by atoms with E-state index in [1.165, 1.54) is 0 Å². The van der Waals surface area contributed by atoms with E-state index in [9.17, 15) is 10.1 Å². The van der Waals surface area contributed by atoms with Crippen LogP contribution in [0.4, 0.5) is 0 Å². The summed E-state index contributed by atoms with van der Waals surface area (Å²) in [5.41, 5.74) is 3.55. The van der Waals surface area contributed by atoms with Crippen molar-refractivity contribution in [2.45, 2.75) is 58.0 Å². The van der Waals surface area contributed by atoms with Gasteiger partial charge in [0, 0.05) is 49.3 Å². The molecule has 0 saturated carbocycles. The number of fused-ring (bicyclic) bond motifs is 1. The number of hydrogen-bond donors (Lipinski definition) is 0. The standard InChI is InChI=1S/C32H40N6O3/c1-22-18-25(30-26-9-15-38(20-24-10-16-40-21-24)31(26)35-29(19-33)34-30)5-6-28(22)41-17-11-23-7-13-37(14-8-23)32(39)27-4-3-12-36(27)2/h5-6,9,15,18,23-24,27H,3-4,7-8,10-14,16-17,20-21H2,1-2H3/t24?,27-/m0/s1. The zero-order valence-corrected chi connectivity index (χ0v) is 24.2. The quantitative estimate of drug-likeness (QED) is 0.405. The highest BCUT2D eigenvalue weighted by atomic mass is 16.5. The molecule has 3 saturated heterocycles. The van der Waals surface area contributed by atoms with Gasteiger partial charge in [-0.05, 0) is 94.8 Å². The largest absolute Gasteiger partial charge is 0.493 e. The molecule has 2 atom stereocenters. The van der Waals surface area contributed by atoms with Crippen LogP contribution < -0.4 is 4.74 Å². The Kier molecular flexibility index (Phi) is 8.22. The third kappa shape index (κ3) is 5.95. The summed E-state index contributed by atoms with van der Waals surface area (Å²) in [6, 6.07) is 10.4. The molecule has 6 rings (SSSR count). The first-order chi connectivity index (χ1) is 20.0. The Morgan fingerprint density at radius 1 is 1.12 bits per heavy atom. The van der Waals surface area contributed by atoms with Gasteiger partial charge in [0.1, 0.15) is 17.5 Å². The van der Waals surface area contributed by atoms with Crippen LogP contribution in [0.5, 0.6) is 5.75 Å². The van der Waals surface area contributed by atoms with E-state index in [4.69, 9.17) is 9.47 Å². The first-order valence-electron chi connectivity index (χ1n) is 15.1. The zero-order chi connectivity index (χ0) is 28.3.